The summed E-state index contributed by atoms with van der Waals surface area (Å²) in [5.74, 6) is -0.938. The van der Waals surface area contributed by atoms with Gasteiger partial charge in [0, 0.05) is 12.1 Å². The summed E-state index contributed by atoms with van der Waals surface area (Å²) in [5, 5.41) is 13.6. The summed E-state index contributed by atoms with van der Waals surface area (Å²) in [6, 6.07) is 7.60. The minimum atomic E-state index is -4.83. The minimum Gasteiger partial charge on any atom is -0.271 e. The van der Waals surface area contributed by atoms with Crippen LogP contribution in [-0.2, 0) is 21.0 Å². The van der Waals surface area contributed by atoms with Crippen molar-refractivity contribution in [1.29, 1.82) is 0 Å². The molecule has 1 amide bonds. The molecule has 0 unspecified atom stereocenters. The van der Waals surface area contributed by atoms with Crippen LogP contribution in [0.3, 0.4) is 0 Å². The standard InChI is InChI=1S/C17H14ClF3N4O5S/c1-31(29,30)24(13-6-7-15(18)14(8-13)17(19,20)21)10-16(26)23-22-9-11-2-4-12(5-3-11)25(27)28/h2-9H,10H2,1H3,(H,23,26)/b22-9-. The number of sulfonamides is 1. The average Bonchev–Trinajstić information content (AvgIpc) is 2.65. The molecule has 0 radical (unpaired) electrons. The summed E-state index contributed by atoms with van der Waals surface area (Å²) in [4.78, 5) is 22.1. The van der Waals surface area contributed by atoms with Crippen molar-refractivity contribution in [3.8, 4) is 0 Å². The molecule has 31 heavy (non-hydrogen) atoms. The van der Waals surface area contributed by atoms with E-state index in [1.54, 1.807) is 0 Å². The molecule has 0 aliphatic heterocycles. The molecule has 0 bridgehead atoms. The summed E-state index contributed by atoms with van der Waals surface area (Å²) in [6.07, 6.45) is -2.95. The Morgan fingerprint density at radius 1 is 1.26 bits per heavy atom. The van der Waals surface area contributed by atoms with Gasteiger partial charge in [-0.05, 0) is 35.9 Å². The molecule has 1 N–H and O–H groups in total. The van der Waals surface area contributed by atoms with E-state index in [0.29, 0.717) is 15.9 Å². The van der Waals surface area contributed by atoms with Gasteiger partial charge >= 0.3 is 6.18 Å². The first-order valence-corrected chi connectivity index (χ1v) is 10.4. The fraction of sp³-hybridized carbons (Fsp3) is 0.176. The molecule has 0 spiro atoms. The molecule has 0 heterocycles. The predicted octanol–water partition coefficient (Wildman–Crippen LogP) is 3.18. The van der Waals surface area contributed by atoms with Gasteiger partial charge in [-0.25, -0.2) is 13.8 Å². The van der Waals surface area contributed by atoms with E-state index in [0.717, 1.165) is 24.6 Å². The van der Waals surface area contributed by atoms with Crippen molar-refractivity contribution in [2.45, 2.75) is 6.18 Å². The normalized spacial score (nSPS) is 12.0. The maximum Gasteiger partial charge on any atom is 0.417 e. The van der Waals surface area contributed by atoms with Crippen LogP contribution in [0.5, 0.6) is 0 Å². The Morgan fingerprint density at radius 2 is 1.87 bits per heavy atom. The van der Waals surface area contributed by atoms with E-state index in [2.05, 4.69) is 5.10 Å². The van der Waals surface area contributed by atoms with E-state index in [4.69, 9.17) is 11.6 Å². The van der Waals surface area contributed by atoms with Crippen LogP contribution >= 0.6 is 11.6 Å². The first kappa shape index (κ1) is 24.1. The van der Waals surface area contributed by atoms with Crippen LogP contribution in [0.2, 0.25) is 5.02 Å². The monoisotopic (exact) mass is 478 g/mol. The van der Waals surface area contributed by atoms with Crippen molar-refractivity contribution >= 4 is 45.1 Å². The number of hydrazone groups is 1. The Labute approximate surface area is 179 Å². The van der Waals surface area contributed by atoms with Crippen LogP contribution < -0.4 is 9.73 Å². The number of hydrogen-bond donors (Lipinski definition) is 1. The molecule has 0 saturated carbocycles. The fourth-order valence-electron chi connectivity index (χ4n) is 2.31. The van der Waals surface area contributed by atoms with Crippen molar-refractivity contribution < 1.29 is 31.3 Å². The third kappa shape index (κ3) is 6.65. The Balaban J connectivity index is 2.16. The average molecular weight is 479 g/mol. The molecule has 166 valence electrons. The molecule has 2 aromatic rings. The smallest absolute Gasteiger partial charge is 0.271 e. The number of hydrogen-bond acceptors (Lipinski definition) is 6. The number of amides is 1. The maximum absolute atomic E-state index is 13.1. The molecule has 9 nitrogen and oxygen atoms in total. The molecular formula is C17H14ClF3N4O5S. The van der Waals surface area contributed by atoms with Crippen LogP contribution in [0.25, 0.3) is 0 Å². The van der Waals surface area contributed by atoms with Gasteiger partial charge in [-0.15, -0.1) is 0 Å². The highest BCUT2D eigenvalue weighted by Gasteiger charge is 2.34. The second-order valence-corrected chi connectivity index (χ2v) is 8.39. The highest BCUT2D eigenvalue weighted by atomic mass is 35.5. The summed E-state index contributed by atoms with van der Waals surface area (Å²) >= 11 is 5.54. The highest BCUT2D eigenvalue weighted by Crippen LogP contribution is 2.37. The van der Waals surface area contributed by atoms with Gasteiger partial charge in [-0.2, -0.15) is 18.3 Å². The third-order valence-corrected chi connectivity index (χ3v) is 5.21. The minimum absolute atomic E-state index is 0.147. The van der Waals surface area contributed by atoms with Gasteiger partial charge in [0.25, 0.3) is 11.6 Å². The fourth-order valence-corrected chi connectivity index (χ4v) is 3.39. The van der Waals surface area contributed by atoms with Crippen molar-refractivity contribution in [2.24, 2.45) is 5.10 Å². The number of nitro benzene ring substituents is 1. The number of alkyl halides is 3. The number of benzene rings is 2. The maximum atomic E-state index is 13.1. The molecule has 0 aliphatic rings. The zero-order valence-corrected chi connectivity index (χ0v) is 17.2. The first-order valence-electron chi connectivity index (χ1n) is 8.20. The Kier molecular flexibility index (Phi) is 7.23. The lowest BCUT2D eigenvalue weighted by atomic mass is 10.2. The van der Waals surface area contributed by atoms with Crippen molar-refractivity contribution in [1.82, 2.24) is 5.43 Å². The number of carbonyl (C=O) groups is 1. The van der Waals surface area contributed by atoms with E-state index >= 15 is 0 Å². The number of non-ortho nitro benzene ring substituents is 1. The van der Waals surface area contributed by atoms with Crippen LogP contribution in [0, 0.1) is 10.1 Å². The molecule has 0 saturated heterocycles. The Hall–Kier alpha value is -3.19. The van der Waals surface area contributed by atoms with Crippen molar-refractivity contribution in [2.75, 3.05) is 17.1 Å². The third-order valence-electron chi connectivity index (χ3n) is 3.74. The second-order valence-electron chi connectivity index (χ2n) is 6.07. The second kappa shape index (κ2) is 9.31. The van der Waals surface area contributed by atoms with Crippen LogP contribution in [0.15, 0.2) is 47.6 Å². The molecule has 2 aromatic carbocycles. The lowest BCUT2D eigenvalue weighted by Gasteiger charge is -2.22. The van der Waals surface area contributed by atoms with Crippen molar-refractivity contribution in [3.05, 3.63) is 68.7 Å². The Bertz CT molecular complexity index is 1120. The number of nitrogens with one attached hydrogen (secondary N) is 1. The van der Waals surface area contributed by atoms with E-state index in [1.807, 2.05) is 5.43 Å². The van der Waals surface area contributed by atoms with E-state index in [1.165, 1.54) is 24.3 Å². The van der Waals surface area contributed by atoms with E-state index < -0.39 is 49.8 Å². The van der Waals surface area contributed by atoms with Gasteiger partial charge in [0.2, 0.25) is 10.0 Å². The van der Waals surface area contributed by atoms with E-state index in [-0.39, 0.29) is 5.69 Å². The topological polar surface area (TPSA) is 122 Å². The van der Waals surface area contributed by atoms with Gasteiger partial charge in [0.05, 0.1) is 33.7 Å². The number of nitro groups is 1. The number of carbonyl (C=O) groups excluding carboxylic acids is 1. The number of rotatable bonds is 7. The first-order chi connectivity index (χ1) is 14.3. The number of anilines is 1. The summed E-state index contributed by atoms with van der Waals surface area (Å²) in [6.45, 7) is -0.852. The lowest BCUT2D eigenvalue weighted by Crippen LogP contribution is -2.39. The number of nitrogens with zero attached hydrogens (tertiary/aromatic N) is 3. The van der Waals surface area contributed by atoms with Gasteiger partial charge in [-0.3, -0.25) is 19.2 Å². The van der Waals surface area contributed by atoms with Crippen molar-refractivity contribution in [3.63, 3.8) is 0 Å². The van der Waals surface area contributed by atoms with Gasteiger partial charge in [0.15, 0.2) is 0 Å². The highest BCUT2D eigenvalue weighted by molar-refractivity contribution is 7.92. The lowest BCUT2D eigenvalue weighted by molar-refractivity contribution is -0.384. The number of halogens is 4. The van der Waals surface area contributed by atoms with E-state index in [9.17, 15) is 36.5 Å². The van der Waals surface area contributed by atoms with Gasteiger partial charge < -0.3 is 0 Å². The predicted molar refractivity (Wildman–Crippen MR) is 107 cm³/mol. The molecule has 0 aliphatic carbocycles. The zero-order chi connectivity index (χ0) is 23.4. The molecule has 0 fully saturated rings. The molecule has 14 heteroatoms. The summed E-state index contributed by atoms with van der Waals surface area (Å²) < 4.78 is 63.7. The summed E-state index contributed by atoms with van der Waals surface area (Å²) in [7, 11) is -4.13. The zero-order valence-electron chi connectivity index (χ0n) is 15.6. The van der Waals surface area contributed by atoms with Gasteiger partial charge in [-0.1, -0.05) is 11.6 Å². The SMILES string of the molecule is CS(=O)(=O)N(CC(=O)N/N=C\c1ccc([N+](=O)[O-])cc1)c1ccc(Cl)c(C(F)(F)F)c1. The summed E-state index contributed by atoms with van der Waals surface area (Å²) in [5.41, 5.74) is 0.632. The Morgan fingerprint density at radius 3 is 2.39 bits per heavy atom. The molecule has 2 rings (SSSR count). The molecular weight excluding hydrogens is 465 g/mol. The van der Waals surface area contributed by atoms with Gasteiger partial charge in [0.1, 0.15) is 6.54 Å². The quantitative estimate of drug-likeness (QED) is 0.372. The van der Waals surface area contributed by atoms with Crippen LogP contribution in [0.1, 0.15) is 11.1 Å². The van der Waals surface area contributed by atoms with Crippen LogP contribution in [-0.4, -0.2) is 38.3 Å². The molecule has 0 aromatic heterocycles. The molecule has 0 atom stereocenters. The van der Waals surface area contributed by atoms with Crippen LogP contribution in [0.4, 0.5) is 24.5 Å². The largest absolute Gasteiger partial charge is 0.417 e.